The van der Waals surface area contributed by atoms with Gasteiger partial charge in [-0.1, -0.05) is 31.4 Å². The fraction of sp³-hybridized carbons (Fsp3) is 0.450. The molecule has 0 saturated heterocycles. The number of rotatable bonds is 5. The fourth-order valence-corrected chi connectivity index (χ4v) is 3.92. The first-order chi connectivity index (χ1) is 11.6. The van der Waals surface area contributed by atoms with Crippen molar-refractivity contribution in [1.29, 1.82) is 0 Å². The average molecular weight is 343 g/mol. The van der Waals surface area contributed by atoms with Gasteiger partial charge in [0.25, 0.3) is 5.91 Å². The Morgan fingerprint density at radius 1 is 1.25 bits per heavy atom. The summed E-state index contributed by atoms with van der Waals surface area (Å²) in [4.78, 5) is 13.1. The van der Waals surface area contributed by atoms with Crippen LogP contribution in [-0.4, -0.2) is 11.9 Å². The Labute approximate surface area is 148 Å². The van der Waals surface area contributed by atoms with Crippen LogP contribution in [0.25, 0.3) is 0 Å². The molecule has 128 valence electrons. The molecule has 1 aromatic heterocycles. The van der Waals surface area contributed by atoms with Gasteiger partial charge in [-0.25, -0.2) is 0 Å². The molecule has 0 bridgehead atoms. The maximum Gasteiger partial charge on any atom is 0.261 e. The van der Waals surface area contributed by atoms with E-state index in [4.69, 9.17) is 4.74 Å². The van der Waals surface area contributed by atoms with E-state index in [0.717, 1.165) is 29.0 Å². The summed E-state index contributed by atoms with van der Waals surface area (Å²) in [6, 6.07) is 8.39. The van der Waals surface area contributed by atoms with Crippen LogP contribution in [0.4, 0.5) is 0 Å². The molecule has 4 heteroatoms. The first-order valence-electron chi connectivity index (χ1n) is 8.71. The highest BCUT2D eigenvalue weighted by Gasteiger charge is 2.17. The molecular formula is C20H25NO2S. The lowest BCUT2D eigenvalue weighted by molar-refractivity contribution is 0.0932. The van der Waals surface area contributed by atoms with Gasteiger partial charge in [0.05, 0.1) is 4.88 Å². The van der Waals surface area contributed by atoms with Gasteiger partial charge in [-0.15, -0.1) is 11.3 Å². The van der Waals surface area contributed by atoms with Gasteiger partial charge >= 0.3 is 0 Å². The zero-order valence-corrected chi connectivity index (χ0v) is 15.2. The van der Waals surface area contributed by atoms with E-state index >= 15 is 0 Å². The summed E-state index contributed by atoms with van der Waals surface area (Å²) in [7, 11) is 0. The number of hydrogen-bond acceptors (Lipinski definition) is 3. The quantitative estimate of drug-likeness (QED) is 0.829. The van der Waals surface area contributed by atoms with E-state index in [1.165, 1.54) is 41.7 Å². The molecule has 0 spiro atoms. The number of carbonyl (C=O) groups is 1. The van der Waals surface area contributed by atoms with E-state index in [1.54, 1.807) is 0 Å². The molecular weight excluding hydrogens is 318 g/mol. The molecule has 1 amide bonds. The summed E-state index contributed by atoms with van der Waals surface area (Å²) in [5, 5.41) is 5.18. The van der Waals surface area contributed by atoms with Crippen LogP contribution in [0.1, 0.15) is 58.5 Å². The minimum Gasteiger partial charge on any atom is -0.489 e. The smallest absolute Gasteiger partial charge is 0.261 e. The van der Waals surface area contributed by atoms with E-state index in [9.17, 15) is 4.79 Å². The van der Waals surface area contributed by atoms with Gasteiger partial charge in [0, 0.05) is 11.6 Å². The van der Waals surface area contributed by atoms with Crippen LogP contribution >= 0.6 is 11.3 Å². The van der Waals surface area contributed by atoms with Gasteiger partial charge in [0.1, 0.15) is 12.4 Å². The van der Waals surface area contributed by atoms with Gasteiger partial charge in [0.2, 0.25) is 0 Å². The van der Waals surface area contributed by atoms with Crippen molar-refractivity contribution in [3.05, 3.63) is 51.2 Å². The summed E-state index contributed by atoms with van der Waals surface area (Å²) < 4.78 is 5.92. The second kappa shape index (κ2) is 7.84. The molecule has 1 N–H and O–H groups in total. The molecule has 0 radical (unpaired) electrons. The molecule has 3 rings (SSSR count). The van der Waals surface area contributed by atoms with Crippen molar-refractivity contribution >= 4 is 17.2 Å². The predicted molar refractivity (Wildman–Crippen MR) is 98.9 cm³/mol. The number of thiophene rings is 1. The van der Waals surface area contributed by atoms with Crippen LogP contribution in [0.15, 0.2) is 29.6 Å². The van der Waals surface area contributed by atoms with Crippen LogP contribution in [0, 0.1) is 13.8 Å². The fourth-order valence-electron chi connectivity index (χ4n) is 3.12. The standard InChI is InChI=1S/C20H25NO2S/c1-14-7-6-10-18(15(14)2)23-12-16-11-19(24-13-16)20(22)21-17-8-4-3-5-9-17/h6-7,10-11,13,17H,3-5,8-9,12H2,1-2H3,(H,21,22). The molecule has 2 aromatic rings. The van der Waals surface area contributed by atoms with Gasteiger partial charge in [-0.3, -0.25) is 4.79 Å². The highest BCUT2D eigenvalue weighted by molar-refractivity contribution is 7.12. The van der Waals surface area contributed by atoms with E-state index < -0.39 is 0 Å². The Bertz CT molecular complexity index is 701. The van der Waals surface area contributed by atoms with Crippen LogP contribution in [0.2, 0.25) is 0 Å². The van der Waals surface area contributed by atoms with E-state index in [2.05, 4.69) is 25.2 Å². The van der Waals surface area contributed by atoms with E-state index in [-0.39, 0.29) is 5.91 Å². The number of carbonyl (C=O) groups excluding carboxylic acids is 1. The minimum absolute atomic E-state index is 0.0601. The maximum absolute atomic E-state index is 12.4. The van der Waals surface area contributed by atoms with Crippen LogP contribution in [0.5, 0.6) is 5.75 Å². The van der Waals surface area contributed by atoms with Gasteiger partial charge < -0.3 is 10.1 Å². The molecule has 1 heterocycles. The number of ether oxygens (including phenoxy) is 1. The lowest BCUT2D eigenvalue weighted by atomic mass is 9.95. The zero-order chi connectivity index (χ0) is 16.9. The molecule has 0 atom stereocenters. The Morgan fingerprint density at radius 2 is 2.04 bits per heavy atom. The van der Waals surface area contributed by atoms with Gasteiger partial charge in [0.15, 0.2) is 0 Å². The minimum atomic E-state index is 0.0601. The summed E-state index contributed by atoms with van der Waals surface area (Å²) >= 11 is 1.50. The lowest BCUT2D eigenvalue weighted by Gasteiger charge is -2.22. The van der Waals surface area contributed by atoms with Crippen molar-refractivity contribution in [2.45, 2.75) is 58.6 Å². The Hall–Kier alpha value is -1.81. The molecule has 1 aliphatic carbocycles. The second-order valence-corrected chi connectivity index (χ2v) is 7.53. The van der Waals surface area contributed by atoms with Crippen LogP contribution in [0.3, 0.4) is 0 Å². The van der Waals surface area contributed by atoms with E-state index in [1.807, 2.05) is 23.6 Å². The number of benzene rings is 1. The molecule has 1 aliphatic rings. The van der Waals surface area contributed by atoms with Crippen LogP contribution in [-0.2, 0) is 6.61 Å². The Morgan fingerprint density at radius 3 is 2.83 bits per heavy atom. The average Bonchev–Trinajstić information content (AvgIpc) is 3.06. The number of amides is 1. The largest absolute Gasteiger partial charge is 0.489 e. The summed E-state index contributed by atoms with van der Waals surface area (Å²) in [5.41, 5.74) is 3.45. The SMILES string of the molecule is Cc1cccc(OCc2csc(C(=O)NC3CCCCC3)c2)c1C. The summed E-state index contributed by atoms with van der Waals surface area (Å²) in [6.45, 7) is 4.65. The highest BCUT2D eigenvalue weighted by Crippen LogP contribution is 2.23. The molecule has 0 aliphatic heterocycles. The third-order valence-electron chi connectivity index (χ3n) is 4.77. The molecule has 1 saturated carbocycles. The van der Waals surface area contributed by atoms with Gasteiger partial charge in [-0.2, -0.15) is 0 Å². The number of hydrogen-bond donors (Lipinski definition) is 1. The van der Waals surface area contributed by atoms with Crippen molar-refractivity contribution in [3.8, 4) is 5.75 Å². The maximum atomic E-state index is 12.4. The Balaban J connectivity index is 1.56. The third kappa shape index (κ3) is 4.18. The monoisotopic (exact) mass is 343 g/mol. The molecule has 24 heavy (non-hydrogen) atoms. The second-order valence-electron chi connectivity index (χ2n) is 6.61. The Kier molecular flexibility index (Phi) is 5.56. The lowest BCUT2D eigenvalue weighted by Crippen LogP contribution is -2.35. The number of aryl methyl sites for hydroxylation is 1. The molecule has 1 fully saturated rings. The predicted octanol–water partition coefficient (Wildman–Crippen LogP) is 5.01. The van der Waals surface area contributed by atoms with Gasteiger partial charge in [-0.05, 0) is 55.3 Å². The summed E-state index contributed by atoms with van der Waals surface area (Å²) in [5.74, 6) is 0.972. The van der Waals surface area contributed by atoms with Crippen molar-refractivity contribution in [3.63, 3.8) is 0 Å². The summed E-state index contributed by atoms with van der Waals surface area (Å²) in [6.07, 6.45) is 5.97. The van der Waals surface area contributed by atoms with Crippen molar-refractivity contribution < 1.29 is 9.53 Å². The first-order valence-corrected chi connectivity index (χ1v) is 9.59. The van der Waals surface area contributed by atoms with Crippen molar-refractivity contribution in [2.75, 3.05) is 0 Å². The molecule has 0 unspecified atom stereocenters. The normalized spacial score (nSPS) is 15.2. The van der Waals surface area contributed by atoms with Crippen molar-refractivity contribution in [2.24, 2.45) is 0 Å². The molecule has 1 aromatic carbocycles. The van der Waals surface area contributed by atoms with Crippen molar-refractivity contribution in [1.82, 2.24) is 5.32 Å². The molecule has 3 nitrogen and oxygen atoms in total. The van der Waals surface area contributed by atoms with Crippen LogP contribution < -0.4 is 10.1 Å². The third-order valence-corrected chi connectivity index (χ3v) is 5.74. The topological polar surface area (TPSA) is 38.3 Å². The zero-order valence-electron chi connectivity index (χ0n) is 14.4. The first kappa shape index (κ1) is 17.0. The highest BCUT2D eigenvalue weighted by atomic mass is 32.1. The van der Waals surface area contributed by atoms with E-state index in [0.29, 0.717) is 12.6 Å². The number of nitrogens with one attached hydrogen (secondary N) is 1.